The Morgan fingerprint density at radius 1 is 1.05 bits per heavy atom. The molecule has 0 radical (unpaired) electrons. The Kier molecular flexibility index (Phi) is 8.03. The van der Waals surface area contributed by atoms with Crippen LogP contribution in [0.4, 0.5) is 20.4 Å². The fraction of sp³-hybridized carbons (Fsp3) is 0.467. The normalized spacial score (nSPS) is 18.2. The number of ether oxygens (including phenoxy) is 1. The van der Waals surface area contributed by atoms with Crippen LogP contribution in [0.5, 0.6) is 5.75 Å². The number of benzene rings is 2. The summed E-state index contributed by atoms with van der Waals surface area (Å²) < 4.78 is 63.2. The maximum atomic E-state index is 15.0. The number of rotatable bonds is 8. The zero-order valence-electron chi connectivity index (χ0n) is 23.9. The summed E-state index contributed by atoms with van der Waals surface area (Å²) in [5.41, 5.74) is 3.38. The number of piperidine rings is 1. The van der Waals surface area contributed by atoms with Crippen molar-refractivity contribution in [3.8, 4) is 17.0 Å². The van der Waals surface area contributed by atoms with Gasteiger partial charge in [-0.2, -0.15) is 0 Å². The fourth-order valence-corrected chi connectivity index (χ4v) is 7.52. The van der Waals surface area contributed by atoms with Gasteiger partial charge in [-0.05, 0) is 49.9 Å². The minimum absolute atomic E-state index is 0.00689. The summed E-state index contributed by atoms with van der Waals surface area (Å²) in [6.07, 6.45) is 2.21. The molecule has 2 aromatic carbocycles. The molecule has 1 saturated heterocycles. The van der Waals surface area contributed by atoms with E-state index in [1.54, 1.807) is 10.4 Å². The number of nitrogens with one attached hydrogen (secondary N) is 1. The second-order valence-corrected chi connectivity index (χ2v) is 13.5. The van der Waals surface area contributed by atoms with Crippen LogP contribution in [0.1, 0.15) is 37.8 Å². The third-order valence-electron chi connectivity index (χ3n) is 8.31. The molecule has 0 atom stereocenters. The summed E-state index contributed by atoms with van der Waals surface area (Å²) in [6, 6.07) is 11.2. The van der Waals surface area contributed by atoms with Gasteiger partial charge in [0.05, 0.1) is 24.2 Å². The van der Waals surface area contributed by atoms with Gasteiger partial charge in [-0.1, -0.05) is 24.3 Å². The summed E-state index contributed by atoms with van der Waals surface area (Å²) in [5.74, 6) is -0.756. The first-order valence-electron chi connectivity index (χ1n) is 14.5. The molecule has 3 aliphatic rings. The van der Waals surface area contributed by atoms with Crippen molar-refractivity contribution in [2.45, 2.75) is 51.9 Å². The average molecular weight is 599 g/mol. The largest absolute Gasteiger partial charge is 0.486 e. The van der Waals surface area contributed by atoms with E-state index < -0.39 is 21.7 Å². The van der Waals surface area contributed by atoms with Gasteiger partial charge in [0.1, 0.15) is 12.3 Å². The lowest BCUT2D eigenvalue weighted by Gasteiger charge is -2.34. The second-order valence-electron chi connectivity index (χ2n) is 11.4. The molecule has 9 nitrogen and oxygen atoms in total. The van der Waals surface area contributed by atoms with Crippen molar-refractivity contribution in [3.63, 3.8) is 0 Å². The molecule has 0 saturated carbocycles. The molecule has 3 aromatic rings. The second kappa shape index (κ2) is 11.7. The highest BCUT2D eigenvalue weighted by Gasteiger charge is 2.30. The Labute approximate surface area is 245 Å². The molecule has 1 N–H and O–H groups in total. The van der Waals surface area contributed by atoms with Crippen LogP contribution >= 0.6 is 0 Å². The van der Waals surface area contributed by atoms with Crippen LogP contribution in [-0.2, 0) is 23.1 Å². The fourth-order valence-electron chi connectivity index (χ4n) is 6.01. The molecule has 0 amide bonds. The number of hydrogen-bond donors (Lipinski definition) is 1. The molecular weight excluding hydrogens is 562 g/mol. The van der Waals surface area contributed by atoms with Crippen molar-refractivity contribution in [3.05, 3.63) is 65.4 Å². The van der Waals surface area contributed by atoms with Gasteiger partial charge in [0.2, 0.25) is 16.0 Å². The minimum atomic E-state index is -3.39. The summed E-state index contributed by atoms with van der Waals surface area (Å²) in [4.78, 5) is 12.7. The van der Waals surface area contributed by atoms with Crippen molar-refractivity contribution < 1.29 is 21.9 Å². The Morgan fingerprint density at radius 3 is 2.45 bits per heavy atom. The number of nitrogens with zero attached hydrogens (tertiary/aromatic N) is 5. The van der Waals surface area contributed by atoms with E-state index in [4.69, 9.17) is 4.74 Å². The van der Waals surface area contributed by atoms with E-state index in [0.717, 1.165) is 19.3 Å². The van der Waals surface area contributed by atoms with Crippen molar-refractivity contribution >= 4 is 21.7 Å². The van der Waals surface area contributed by atoms with Crippen molar-refractivity contribution in [2.24, 2.45) is 0 Å². The Bertz CT molecular complexity index is 1540. The van der Waals surface area contributed by atoms with Crippen LogP contribution in [0.15, 0.2) is 42.6 Å². The molecule has 4 heterocycles. The summed E-state index contributed by atoms with van der Waals surface area (Å²) >= 11 is 0. The highest BCUT2D eigenvalue weighted by Crippen LogP contribution is 2.39. The zero-order chi connectivity index (χ0) is 29.4. The van der Waals surface area contributed by atoms with Crippen molar-refractivity contribution in [2.75, 3.05) is 48.8 Å². The lowest BCUT2D eigenvalue weighted by atomic mass is 10.1. The monoisotopic (exact) mass is 598 g/mol. The minimum Gasteiger partial charge on any atom is -0.486 e. The summed E-state index contributed by atoms with van der Waals surface area (Å²) in [5, 5.41) is 3.23. The molecular formula is C30H36F2N6O3S. The van der Waals surface area contributed by atoms with E-state index in [0.29, 0.717) is 56.9 Å². The standard InChI is InChI=1S/C30H36F2N6O3S/c1-20(2)38-11-13-41-29-25(31)15-23(16-27(29)38)28-26(32)17-33-30(35-28)34-24-7-9-37(10-8-24)42(39,40)14-12-36-18-21-5-3-4-6-22(21)19-36/h3-6,15-17,20,24H,7-14,18-19H2,1-2H3,(H,33,34,35). The van der Waals surface area contributed by atoms with Gasteiger partial charge in [-0.15, -0.1) is 0 Å². The SMILES string of the molecule is CC(C)N1CCOc2c(F)cc(-c3nc(NC4CCN(S(=O)(=O)CCN5Cc6ccccc6C5)CC4)ncc3F)cc21. The van der Waals surface area contributed by atoms with E-state index in [1.807, 2.05) is 30.9 Å². The van der Waals surface area contributed by atoms with Crippen LogP contribution in [0.2, 0.25) is 0 Å². The molecule has 0 aliphatic carbocycles. The molecule has 0 unspecified atom stereocenters. The topological polar surface area (TPSA) is 90.9 Å². The zero-order valence-corrected chi connectivity index (χ0v) is 24.7. The van der Waals surface area contributed by atoms with Gasteiger partial charge in [0.15, 0.2) is 17.4 Å². The van der Waals surface area contributed by atoms with Gasteiger partial charge in [-0.3, -0.25) is 4.90 Å². The number of fused-ring (bicyclic) bond motifs is 2. The van der Waals surface area contributed by atoms with Gasteiger partial charge < -0.3 is 15.0 Å². The lowest BCUT2D eigenvalue weighted by molar-refractivity contribution is 0.287. The lowest BCUT2D eigenvalue weighted by Crippen LogP contribution is -2.44. The highest BCUT2D eigenvalue weighted by molar-refractivity contribution is 7.89. The van der Waals surface area contributed by atoms with Gasteiger partial charge in [0, 0.05) is 50.4 Å². The first-order chi connectivity index (χ1) is 20.2. The molecule has 1 aromatic heterocycles. The first-order valence-corrected chi connectivity index (χ1v) is 16.1. The van der Waals surface area contributed by atoms with Gasteiger partial charge in [-0.25, -0.2) is 31.5 Å². The number of halogens is 2. The maximum Gasteiger partial charge on any atom is 0.223 e. The Hall–Kier alpha value is -3.35. The number of anilines is 2. The summed E-state index contributed by atoms with van der Waals surface area (Å²) in [6.45, 7) is 7.82. The molecule has 0 spiro atoms. The molecule has 0 bridgehead atoms. The van der Waals surface area contributed by atoms with Gasteiger partial charge >= 0.3 is 0 Å². The van der Waals surface area contributed by atoms with Crippen LogP contribution in [0.25, 0.3) is 11.3 Å². The highest BCUT2D eigenvalue weighted by atomic mass is 32.2. The average Bonchev–Trinajstić information content (AvgIpc) is 3.40. The molecule has 12 heteroatoms. The quantitative estimate of drug-likeness (QED) is 0.412. The van der Waals surface area contributed by atoms with Gasteiger partial charge in [0.25, 0.3) is 0 Å². The third-order valence-corrected chi connectivity index (χ3v) is 10.2. The molecule has 6 rings (SSSR count). The van der Waals surface area contributed by atoms with E-state index in [-0.39, 0.29) is 35.2 Å². The molecule has 3 aliphatic heterocycles. The van der Waals surface area contributed by atoms with E-state index >= 15 is 4.39 Å². The van der Waals surface area contributed by atoms with E-state index in [1.165, 1.54) is 17.2 Å². The number of aromatic nitrogens is 2. The number of hydrogen-bond acceptors (Lipinski definition) is 8. The molecule has 224 valence electrons. The molecule has 1 fully saturated rings. The van der Waals surface area contributed by atoms with Crippen molar-refractivity contribution in [1.82, 2.24) is 19.2 Å². The van der Waals surface area contributed by atoms with Crippen LogP contribution in [0.3, 0.4) is 0 Å². The summed E-state index contributed by atoms with van der Waals surface area (Å²) in [7, 11) is -3.39. The Balaban J connectivity index is 1.08. The van der Waals surface area contributed by atoms with Crippen LogP contribution < -0.4 is 15.0 Å². The Morgan fingerprint density at radius 2 is 1.76 bits per heavy atom. The number of sulfonamides is 1. The van der Waals surface area contributed by atoms with Crippen molar-refractivity contribution in [1.29, 1.82) is 0 Å². The maximum absolute atomic E-state index is 15.0. The predicted octanol–water partition coefficient (Wildman–Crippen LogP) is 4.25. The van der Waals surface area contributed by atoms with Crippen LogP contribution in [0, 0.1) is 11.6 Å². The predicted molar refractivity (Wildman–Crippen MR) is 158 cm³/mol. The molecule has 42 heavy (non-hydrogen) atoms. The smallest absolute Gasteiger partial charge is 0.223 e. The first kappa shape index (κ1) is 28.8. The van der Waals surface area contributed by atoms with Crippen LogP contribution in [-0.4, -0.2) is 78.2 Å². The third kappa shape index (κ3) is 5.93. The van der Waals surface area contributed by atoms with E-state index in [9.17, 15) is 12.8 Å². The van der Waals surface area contributed by atoms with E-state index in [2.05, 4.69) is 32.3 Å².